The molecule has 1 saturated heterocycles. The quantitative estimate of drug-likeness (QED) is 0.877. The topological polar surface area (TPSA) is 29.3 Å². The molecular formula is C13H19ClN2. The molecule has 0 saturated carbocycles. The summed E-state index contributed by atoms with van der Waals surface area (Å²) in [6.45, 7) is 5.04. The second-order valence-electron chi connectivity index (χ2n) is 4.46. The average molecular weight is 239 g/mol. The summed E-state index contributed by atoms with van der Waals surface area (Å²) in [5.74, 6) is 0.807. The van der Waals surface area contributed by atoms with E-state index in [4.69, 9.17) is 17.3 Å². The van der Waals surface area contributed by atoms with Crippen LogP contribution in [0.3, 0.4) is 0 Å². The zero-order valence-electron chi connectivity index (χ0n) is 9.75. The fourth-order valence-corrected chi connectivity index (χ4v) is 2.76. The molecule has 1 unspecified atom stereocenters. The molecule has 2 nitrogen and oxygen atoms in total. The lowest BCUT2D eigenvalue weighted by Gasteiger charge is -2.23. The molecule has 1 heterocycles. The summed E-state index contributed by atoms with van der Waals surface area (Å²) in [7, 11) is 0. The van der Waals surface area contributed by atoms with Crippen LogP contribution in [-0.4, -0.2) is 13.1 Å². The van der Waals surface area contributed by atoms with E-state index in [-0.39, 0.29) is 0 Å². The summed E-state index contributed by atoms with van der Waals surface area (Å²) < 4.78 is 0. The van der Waals surface area contributed by atoms with E-state index in [0.717, 1.165) is 35.3 Å². The molecule has 1 aromatic rings. The third kappa shape index (κ3) is 2.18. The van der Waals surface area contributed by atoms with E-state index in [9.17, 15) is 0 Å². The summed E-state index contributed by atoms with van der Waals surface area (Å²) in [4.78, 5) is 2.39. The first-order valence-corrected chi connectivity index (χ1v) is 6.36. The molecule has 1 aliphatic heterocycles. The minimum Gasteiger partial charge on any atom is -0.370 e. The van der Waals surface area contributed by atoms with Gasteiger partial charge in [-0.05, 0) is 24.0 Å². The highest BCUT2D eigenvalue weighted by atomic mass is 35.5. The summed E-state index contributed by atoms with van der Waals surface area (Å²) >= 11 is 6.28. The molecule has 2 N–H and O–H groups in total. The maximum absolute atomic E-state index is 6.28. The Hall–Kier alpha value is -0.730. The maximum Gasteiger partial charge on any atom is 0.0642 e. The van der Waals surface area contributed by atoms with Crippen LogP contribution in [0.4, 0.5) is 5.69 Å². The Balaban J connectivity index is 2.26. The molecule has 1 aliphatic rings. The Bertz CT molecular complexity index is 365. The lowest BCUT2D eigenvalue weighted by atomic mass is 10.1. The van der Waals surface area contributed by atoms with Gasteiger partial charge in [-0.15, -0.1) is 0 Å². The standard InChI is InChI=1S/C13H19ClN2/c1-2-10-6-7-16(9-10)13-11(8-15)4-3-5-12(13)14/h3-5,10H,2,6-9,15H2,1H3. The van der Waals surface area contributed by atoms with Crippen molar-refractivity contribution in [3.63, 3.8) is 0 Å². The van der Waals surface area contributed by atoms with Crippen LogP contribution in [0.2, 0.25) is 5.02 Å². The van der Waals surface area contributed by atoms with Crippen molar-refractivity contribution in [1.29, 1.82) is 0 Å². The SMILES string of the molecule is CCC1CCN(c2c(Cl)cccc2CN)C1. The van der Waals surface area contributed by atoms with Gasteiger partial charge in [-0.1, -0.05) is 37.1 Å². The van der Waals surface area contributed by atoms with Gasteiger partial charge in [0.25, 0.3) is 0 Å². The number of nitrogens with two attached hydrogens (primary N) is 1. The van der Waals surface area contributed by atoms with Crippen molar-refractivity contribution in [3.8, 4) is 0 Å². The van der Waals surface area contributed by atoms with Gasteiger partial charge in [0, 0.05) is 19.6 Å². The van der Waals surface area contributed by atoms with E-state index in [1.54, 1.807) is 0 Å². The minimum atomic E-state index is 0.559. The van der Waals surface area contributed by atoms with E-state index in [2.05, 4.69) is 17.9 Å². The average Bonchev–Trinajstić information content (AvgIpc) is 2.76. The Morgan fingerprint density at radius 3 is 2.94 bits per heavy atom. The Morgan fingerprint density at radius 2 is 2.31 bits per heavy atom. The third-order valence-corrected chi connectivity index (χ3v) is 3.77. The van der Waals surface area contributed by atoms with E-state index in [1.807, 2.05) is 12.1 Å². The van der Waals surface area contributed by atoms with Crippen molar-refractivity contribution < 1.29 is 0 Å². The van der Waals surface area contributed by atoms with Gasteiger partial charge in [0.2, 0.25) is 0 Å². The highest BCUT2D eigenvalue weighted by Crippen LogP contribution is 2.34. The molecule has 1 fully saturated rings. The molecule has 0 aliphatic carbocycles. The second kappa shape index (κ2) is 5.07. The Morgan fingerprint density at radius 1 is 1.50 bits per heavy atom. The highest BCUT2D eigenvalue weighted by molar-refractivity contribution is 6.33. The second-order valence-corrected chi connectivity index (χ2v) is 4.87. The lowest BCUT2D eigenvalue weighted by molar-refractivity contribution is 0.569. The van der Waals surface area contributed by atoms with E-state index in [0.29, 0.717) is 6.54 Å². The molecule has 0 radical (unpaired) electrons. The smallest absolute Gasteiger partial charge is 0.0642 e. The molecule has 88 valence electrons. The van der Waals surface area contributed by atoms with Gasteiger partial charge in [0.1, 0.15) is 0 Å². The summed E-state index contributed by atoms with van der Waals surface area (Å²) in [6, 6.07) is 6.00. The van der Waals surface area contributed by atoms with Gasteiger partial charge in [0.05, 0.1) is 10.7 Å². The zero-order valence-corrected chi connectivity index (χ0v) is 10.5. The van der Waals surface area contributed by atoms with E-state index >= 15 is 0 Å². The molecule has 1 aromatic carbocycles. The maximum atomic E-state index is 6.28. The first-order valence-electron chi connectivity index (χ1n) is 5.98. The number of hydrogen-bond donors (Lipinski definition) is 1. The summed E-state index contributed by atoms with van der Waals surface area (Å²) in [5.41, 5.74) is 8.08. The molecular weight excluding hydrogens is 220 g/mol. The van der Waals surface area contributed by atoms with Gasteiger partial charge < -0.3 is 10.6 Å². The molecule has 16 heavy (non-hydrogen) atoms. The number of benzene rings is 1. The van der Waals surface area contributed by atoms with Crippen LogP contribution < -0.4 is 10.6 Å². The Kier molecular flexibility index (Phi) is 3.72. The predicted molar refractivity (Wildman–Crippen MR) is 70.0 cm³/mol. The molecule has 3 heteroatoms. The molecule has 0 amide bonds. The van der Waals surface area contributed by atoms with Gasteiger partial charge in [0.15, 0.2) is 0 Å². The van der Waals surface area contributed by atoms with Crippen molar-refractivity contribution in [3.05, 3.63) is 28.8 Å². The molecule has 2 rings (SSSR count). The number of anilines is 1. The molecule has 0 bridgehead atoms. The van der Waals surface area contributed by atoms with Crippen molar-refractivity contribution in [1.82, 2.24) is 0 Å². The fourth-order valence-electron chi connectivity index (χ4n) is 2.45. The number of para-hydroxylation sites is 1. The van der Waals surface area contributed by atoms with Crippen molar-refractivity contribution >= 4 is 17.3 Å². The number of rotatable bonds is 3. The number of halogens is 1. The van der Waals surface area contributed by atoms with Crippen LogP contribution in [-0.2, 0) is 6.54 Å². The third-order valence-electron chi connectivity index (χ3n) is 3.47. The summed E-state index contributed by atoms with van der Waals surface area (Å²) in [5, 5.41) is 0.833. The fraction of sp³-hybridized carbons (Fsp3) is 0.538. The zero-order chi connectivity index (χ0) is 11.5. The van der Waals surface area contributed by atoms with Crippen LogP contribution >= 0.6 is 11.6 Å². The lowest BCUT2D eigenvalue weighted by Crippen LogP contribution is -2.22. The van der Waals surface area contributed by atoms with Crippen molar-refractivity contribution in [2.24, 2.45) is 11.7 Å². The summed E-state index contributed by atoms with van der Waals surface area (Å²) in [6.07, 6.45) is 2.52. The monoisotopic (exact) mass is 238 g/mol. The van der Waals surface area contributed by atoms with Crippen LogP contribution in [0, 0.1) is 5.92 Å². The minimum absolute atomic E-state index is 0.559. The van der Waals surface area contributed by atoms with Gasteiger partial charge in [-0.3, -0.25) is 0 Å². The van der Waals surface area contributed by atoms with Gasteiger partial charge >= 0.3 is 0 Å². The van der Waals surface area contributed by atoms with Crippen LogP contribution in [0.1, 0.15) is 25.3 Å². The number of hydrogen-bond acceptors (Lipinski definition) is 2. The number of nitrogens with zero attached hydrogens (tertiary/aromatic N) is 1. The van der Waals surface area contributed by atoms with E-state index < -0.39 is 0 Å². The van der Waals surface area contributed by atoms with Crippen molar-refractivity contribution in [2.75, 3.05) is 18.0 Å². The molecule has 1 atom stereocenters. The van der Waals surface area contributed by atoms with Gasteiger partial charge in [-0.2, -0.15) is 0 Å². The normalized spacial score (nSPS) is 20.4. The van der Waals surface area contributed by atoms with Crippen molar-refractivity contribution in [2.45, 2.75) is 26.3 Å². The van der Waals surface area contributed by atoms with Crippen LogP contribution in [0.15, 0.2) is 18.2 Å². The highest BCUT2D eigenvalue weighted by Gasteiger charge is 2.24. The Labute approximate surface area is 102 Å². The largest absolute Gasteiger partial charge is 0.370 e. The van der Waals surface area contributed by atoms with Gasteiger partial charge in [-0.25, -0.2) is 0 Å². The van der Waals surface area contributed by atoms with Crippen LogP contribution in [0.25, 0.3) is 0 Å². The van der Waals surface area contributed by atoms with E-state index in [1.165, 1.54) is 12.8 Å². The first kappa shape index (κ1) is 11.7. The molecule has 0 aromatic heterocycles. The first-order chi connectivity index (χ1) is 7.76. The predicted octanol–water partition coefficient (Wildman–Crippen LogP) is 3.04. The molecule has 0 spiro atoms. The van der Waals surface area contributed by atoms with Crippen LogP contribution in [0.5, 0.6) is 0 Å².